The lowest BCUT2D eigenvalue weighted by Gasteiger charge is -2.11. The second kappa shape index (κ2) is 6.27. The van der Waals surface area contributed by atoms with Gasteiger partial charge in [0.05, 0.1) is 7.11 Å². The maximum absolute atomic E-state index is 10.8. The number of methoxy groups -OCH3 is 1. The predicted octanol–water partition coefficient (Wildman–Crippen LogP) is 2.34. The van der Waals surface area contributed by atoms with Crippen LogP contribution in [0.1, 0.15) is 6.92 Å². The van der Waals surface area contributed by atoms with Gasteiger partial charge in [-0.05, 0) is 41.1 Å². The van der Waals surface area contributed by atoms with Crippen molar-refractivity contribution in [2.75, 3.05) is 7.11 Å². The molecule has 0 saturated carbocycles. The van der Waals surface area contributed by atoms with Crippen LogP contribution in [-0.2, 0) is 9.53 Å². The van der Waals surface area contributed by atoms with Gasteiger partial charge in [-0.3, -0.25) is 0 Å². The third-order valence-electron chi connectivity index (χ3n) is 1.74. The van der Waals surface area contributed by atoms with Gasteiger partial charge in [0.1, 0.15) is 10.7 Å². The Hall–Kier alpha value is -1.36. The van der Waals surface area contributed by atoms with Crippen LogP contribution in [0.15, 0.2) is 35.1 Å². The van der Waals surface area contributed by atoms with E-state index < -0.39 is 5.97 Å². The SMILES string of the molecule is COC(=O)/C=C/[C@H](C)Oc1cccnc1Br. The molecule has 86 valence electrons. The first-order valence-corrected chi connectivity index (χ1v) is 5.46. The van der Waals surface area contributed by atoms with E-state index in [1.54, 1.807) is 24.4 Å². The third-order valence-corrected chi connectivity index (χ3v) is 2.34. The van der Waals surface area contributed by atoms with Gasteiger partial charge in [-0.2, -0.15) is 0 Å². The molecule has 1 aromatic heterocycles. The standard InChI is InChI=1S/C11H12BrNO3/c1-8(5-6-10(14)15-2)16-9-4-3-7-13-11(9)12/h3-8H,1-2H3/b6-5+/t8-/m0/s1. The van der Waals surface area contributed by atoms with Crippen molar-refractivity contribution in [3.05, 3.63) is 35.1 Å². The molecule has 0 bridgehead atoms. The summed E-state index contributed by atoms with van der Waals surface area (Å²) in [6.07, 6.45) is 4.37. The Morgan fingerprint density at radius 1 is 1.62 bits per heavy atom. The van der Waals surface area contributed by atoms with E-state index >= 15 is 0 Å². The van der Waals surface area contributed by atoms with Crippen molar-refractivity contribution in [2.24, 2.45) is 0 Å². The van der Waals surface area contributed by atoms with Crippen molar-refractivity contribution in [2.45, 2.75) is 13.0 Å². The summed E-state index contributed by atoms with van der Waals surface area (Å²) in [4.78, 5) is 14.9. The van der Waals surface area contributed by atoms with Crippen LogP contribution >= 0.6 is 15.9 Å². The number of aromatic nitrogens is 1. The predicted molar refractivity (Wildman–Crippen MR) is 63.2 cm³/mol. The van der Waals surface area contributed by atoms with Crippen LogP contribution in [-0.4, -0.2) is 24.2 Å². The van der Waals surface area contributed by atoms with Crippen LogP contribution in [0.3, 0.4) is 0 Å². The Morgan fingerprint density at radius 2 is 2.38 bits per heavy atom. The summed E-state index contributed by atoms with van der Waals surface area (Å²) < 4.78 is 10.6. The summed E-state index contributed by atoms with van der Waals surface area (Å²) in [5.74, 6) is 0.227. The minimum absolute atomic E-state index is 0.236. The van der Waals surface area contributed by atoms with Crippen LogP contribution in [0.4, 0.5) is 0 Å². The number of nitrogens with zero attached hydrogens (tertiary/aromatic N) is 1. The number of halogens is 1. The number of esters is 1. The van der Waals surface area contributed by atoms with Gasteiger partial charge in [-0.15, -0.1) is 0 Å². The van der Waals surface area contributed by atoms with Gasteiger partial charge in [-0.25, -0.2) is 9.78 Å². The van der Waals surface area contributed by atoms with E-state index in [0.717, 1.165) is 0 Å². The summed E-state index contributed by atoms with van der Waals surface area (Å²) in [5.41, 5.74) is 0. The molecule has 0 radical (unpaired) electrons. The molecule has 0 spiro atoms. The van der Waals surface area contributed by atoms with E-state index in [-0.39, 0.29) is 6.10 Å². The minimum Gasteiger partial charge on any atom is -0.484 e. The highest BCUT2D eigenvalue weighted by Gasteiger charge is 2.04. The average Bonchev–Trinajstić information content (AvgIpc) is 2.29. The Kier molecular flexibility index (Phi) is 4.98. The van der Waals surface area contributed by atoms with Crippen LogP contribution in [0.5, 0.6) is 5.75 Å². The molecule has 0 aliphatic rings. The fourth-order valence-electron chi connectivity index (χ4n) is 0.981. The van der Waals surface area contributed by atoms with Crippen molar-refractivity contribution in [1.29, 1.82) is 0 Å². The molecule has 0 saturated heterocycles. The first-order valence-electron chi connectivity index (χ1n) is 4.67. The zero-order valence-corrected chi connectivity index (χ0v) is 10.6. The molecular weight excluding hydrogens is 274 g/mol. The second-order valence-corrected chi connectivity index (χ2v) is 3.75. The monoisotopic (exact) mass is 285 g/mol. The van der Waals surface area contributed by atoms with Crippen molar-refractivity contribution in [3.63, 3.8) is 0 Å². The highest BCUT2D eigenvalue weighted by Crippen LogP contribution is 2.22. The Bertz CT molecular complexity index is 393. The molecule has 0 fully saturated rings. The van der Waals surface area contributed by atoms with Crippen LogP contribution in [0, 0.1) is 0 Å². The lowest BCUT2D eigenvalue weighted by atomic mass is 10.3. The van der Waals surface area contributed by atoms with Crippen molar-refractivity contribution in [1.82, 2.24) is 4.98 Å². The first kappa shape index (κ1) is 12.7. The quantitative estimate of drug-likeness (QED) is 0.484. The molecule has 1 aromatic rings. The Morgan fingerprint density at radius 3 is 3.00 bits per heavy atom. The zero-order valence-electron chi connectivity index (χ0n) is 9.01. The Balaban J connectivity index is 2.58. The minimum atomic E-state index is -0.402. The average molecular weight is 286 g/mol. The number of pyridine rings is 1. The number of carbonyl (C=O) groups excluding carboxylic acids is 1. The second-order valence-electron chi connectivity index (χ2n) is 3.00. The van der Waals surface area contributed by atoms with Gasteiger partial charge < -0.3 is 9.47 Å². The number of hydrogen-bond acceptors (Lipinski definition) is 4. The fraction of sp³-hybridized carbons (Fsp3) is 0.273. The van der Waals surface area contributed by atoms with E-state index in [0.29, 0.717) is 10.4 Å². The summed E-state index contributed by atoms with van der Waals surface area (Å²) in [5, 5.41) is 0. The molecule has 1 rings (SSSR count). The summed E-state index contributed by atoms with van der Waals surface area (Å²) in [6.45, 7) is 1.82. The molecule has 16 heavy (non-hydrogen) atoms. The lowest BCUT2D eigenvalue weighted by Crippen LogP contribution is -2.09. The molecule has 0 aliphatic carbocycles. The summed E-state index contributed by atoms with van der Waals surface area (Å²) in [7, 11) is 1.33. The summed E-state index contributed by atoms with van der Waals surface area (Å²) in [6, 6.07) is 3.57. The van der Waals surface area contributed by atoms with Crippen LogP contribution in [0.25, 0.3) is 0 Å². The fourth-order valence-corrected chi connectivity index (χ4v) is 1.32. The van der Waals surface area contributed by atoms with E-state index in [1.165, 1.54) is 13.2 Å². The molecule has 1 heterocycles. The van der Waals surface area contributed by atoms with Crippen LogP contribution in [0.2, 0.25) is 0 Å². The molecule has 4 nitrogen and oxygen atoms in total. The highest BCUT2D eigenvalue weighted by molar-refractivity contribution is 9.10. The van der Waals surface area contributed by atoms with Crippen molar-refractivity contribution >= 4 is 21.9 Å². The molecule has 0 aliphatic heterocycles. The number of hydrogen-bond donors (Lipinski definition) is 0. The van der Waals surface area contributed by atoms with Gasteiger partial charge in [-0.1, -0.05) is 0 Å². The van der Waals surface area contributed by atoms with Gasteiger partial charge in [0.25, 0.3) is 0 Å². The van der Waals surface area contributed by atoms with Gasteiger partial charge in [0, 0.05) is 12.3 Å². The maximum atomic E-state index is 10.8. The zero-order chi connectivity index (χ0) is 12.0. The molecule has 0 N–H and O–H groups in total. The van der Waals surface area contributed by atoms with Crippen molar-refractivity contribution < 1.29 is 14.3 Å². The van der Waals surface area contributed by atoms with E-state index in [2.05, 4.69) is 25.7 Å². The van der Waals surface area contributed by atoms with E-state index in [9.17, 15) is 4.79 Å². The topological polar surface area (TPSA) is 48.4 Å². The molecule has 1 atom stereocenters. The molecule has 5 heteroatoms. The smallest absolute Gasteiger partial charge is 0.330 e. The van der Waals surface area contributed by atoms with Gasteiger partial charge in [0.15, 0.2) is 5.75 Å². The number of carbonyl (C=O) groups is 1. The molecule has 0 unspecified atom stereocenters. The normalized spacial score (nSPS) is 12.4. The maximum Gasteiger partial charge on any atom is 0.330 e. The lowest BCUT2D eigenvalue weighted by molar-refractivity contribution is -0.134. The largest absolute Gasteiger partial charge is 0.484 e. The third kappa shape index (κ3) is 4.02. The molecule has 0 amide bonds. The Labute approximate surface area is 102 Å². The summed E-state index contributed by atoms with van der Waals surface area (Å²) >= 11 is 3.27. The number of ether oxygens (including phenoxy) is 2. The van der Waals surface area contributed by atoms with Crippen molar-refractivity contribution in [3.8, 4) is 5.75 Å². The molecule has 0 aromatic carbocycles. The number of rotatable bonds is 4. The molecular formula is C11H12BrNO3. The highest BCUT2D eigenvalue weighted by atomic mass is 79.9. The van der Waals surface area contributed by atoms with E-state index in [4.69, 9.17) is 4.74 Å². The van der Waals surface area contributed by atoms with Crippen LogP contribution < -0.4 is 4.74 Å². The van der Waals surface area contributed by atoms with Gasteiger partial charge >= 0.3 is 5.97 Å². The first-order chi connectivity index (χ1) is 7.63. The van der Waals surface area contributed by atoms with Gasteiger partial charge in [0.2, 0.25) is 0 Å². The van der Waals surface area contributed by atoms with E-state index in [1.807, 2.05) is 6.92 Å².